The minimum absolute atomic E-state index is 0.0423. The number of nitrogens with zero attached hydrogens (tertiary/aromatic N) is 2. The third kappa shape index (κ3) is 3.66. The normalized spacial score (nSPS) is 14.6. The Balaban J connectivity index is 2.04. The number of hydrogen-bond donors (Lipinski definition) is 0. The first-order chi connectivity index (χ1) is 9.72. The van der Waals surface area contributed by atoms with Gasteiger partial charge in [-0.1, -0.05) is 25.0 Å². The molecule has 0 spiro atoms. The lowest BCUT2D eigenvalue weighted by Gasteiger charge is -2.11. The molecule has 2 rings (SSSR count). The van der Waals surface area contributed by atoms with Crippen LogP contribution in [-0.4, -0.2) is 6.10 Å². The second-order valence-corrected chi connectivity index (χ2v) is 4.85. The van der Waals surface area contributed by atoms with Crippen molar-refractivity contribution in [3.63, 3.8) is 0 Å². The summed E-state index contributed by atoms with van der Waals surface area (Å²) >= 11 is 0. The van der Waals surface area contributed by atoms with Crippen LogP contribution >= 0.6 is 0 Å². The molecule has 0 bridgehead atoms. The SMILES string of the molecule is N#CC(C#N)=Cc1ccc(COC2CCCC2)c(F)c1. The van der Waals surface area contributed by atoms with Crippen LogP contribution in [0.2, 0.25) is 0 Å². The van der Waals surface area contributed by atoms with Crippen molar-refractivity contribution in [1.82, 2.24) is 0 Å². The summed E-state index contributed by atoms with van der Waals surface area (Å²) in [6.07, 6.45) is 6.08. The molecule has 102 valence electrons. The Morgan fingerprint density at radius 2 is 2.00 bits per heavy atom. The molecule has 1 aromatic rings. The quantitative estimate of drug-likeness (QED) is 0.783. The predicted octanol–water partition coefficient (Wildman–Crippen LogP) is 3.72. The molecular formula is C16H15FN2O. The predicted molar refractivity (Wildman–Crippen MR) is 72.6 cm³/mol. The van der Waals surface area contributed by atoms with E-state index >= 15 is 0 Å². The fraction of sp³-hybridized carbons (Fsp3) is 0.375. The number of halogens is 1. The van der Waals surface area contributed by atoms with Gasteiger partial charge < -0.3 is 4.74 Å². The molecule has 0 heterocycles. The number of allylic oxidation sites excluding steroid dienone is 1. The summed E-state index contributed by atoms with van der Waals surface area (Å²) in [7, 11) is 0. The Hall–Kier alpha value is -2.17. The van der Waals surface area contributed by atoms with Crippen LogP contribution in [0.1, 0.15) is 36.8 Å². The molecule has 0 aliphatic heterocycles. The van der Waals surface area contributed by atoms with Crippen LogP contribution in [0.15, 0.2) is 23.8 Å². The van der Waals surface area contributed by atoms with E-state index in [9.17, 15) is 4.39 Å². The van der Waals surface area contributed by atoms with Gasteiger partial charge in [0.25, 0.3) is 0 Å². The smallest absolute Gasteiger partial charge is 0.130 e. The van der Waals surface area contributed by atoms with Crippen LogP contribution in [0.25, 0.3) is 6.08 Å². The van der Waals surface area contributed by atoms with Gasteiger partial charge >= 0.3 is 0 Å². The van der Waals surface area contributed by atoms with Crippen molar-refractivity contribution < 1.29 is 9.13 Å². The lowest BCUT2D eigenvalue weighted by molar-refractivity contribution is 0.0441. The van der Waals surface area contributed by atoms with E-state index in [1.165, 1.54) is 25.0 Å². The molecule has 1 fully saturated rings. The number of nitriles is 2. The molecule has 1 aromatic carbocycles. The first kappa shape index (κ1) is 14.2. The average Bonchev–Trinajstić information content (AvgIpc) is 2.97. The fourth-order valence-electron chi connectivity index (χ4n) is 2.29. The van der Waals surface area contributed by atoms with E-state index in [0.717, 1.165) is 12.8 Å². The zero-order valence-corrected chi connectivity index (χ0v) is 11.1. The van der Waals surface area contributed by atoms with E-state index in [1.807, 2.05) is 0 Å². The molecule has 0 unspecified atom stereocenters. The lowest BCUT2D eigenvalue weighted by atomic mass is 10.1. The zero-order chi connectivity index (χ0) is 14.4. The molecule has 3 nitrogen and oxygen atoms in total. The van der Waals surface area contributed by atoms with Gasteiger partial charge in [-0.2, -0.15) is 10.5 Å². The molecule has 0 amide bonds. The van der Waals surface area contributed by atoms with Crippen molar-refractivity contribution >= 4 is 6.08 Å². The number of benzene rings is 1. The number of rotatable bonds is 4. The minimum Gasteiger partial charge on any atom is -0.373 e. The zero-order valence-electron chi connectivity index (χ0n) is 11.1. The van der Waals surface area contributed by atoms with Gasteiger partial charge in [-0.05, 0) is 30.5 Å². The van der Waals surface area contributed by atoms with E-state index < -0.39 is 0 Å². The Bertz CT molecular complexity index is 573. The first-order valence-electron chi connectivity index (χ1n) is 6.65. The summed E-state index contributed by atoms with van der Waals surface area (Å²) in [4.78, 5) is 0. The highest BCUT2D eigenvalue weighted by atomic mass is 19.1. The van der Waals surface area contributed by atoms with Gasteiger partial charge in [-0.25, -0.2) is 4.39 Å². The topological polar surface area (TPSA) is 56.8 Å². The van der Waals surface area contributed by atoms with Crippen LogP contribution in [0.3, 0.4) is 0 Å². The maximum atomic E-state index is 13.9. The van der Waals surface area contributed by atoms with E-state index in [1.54, 1.807) is 24.3 Å². The molecule has 0 atom stereocenters. The van der Waals surface area contributed by atoms with E-state index in [2.05, 4.69) is 0 Å². The highest BCUT2D eigenvalue weighted by molar-refractivity contribution is 5.62. The monoisotopic (exact) mass is 270 g/mol. The Morgan fingerprint density at radius 3 is 2.60 bits per heavy atom. The van der Waals surface area contributed by atoms with Crippen molar-refractivity contribution in [2.75, 3.05) is 0 Å². The average molecular weight is 270 g/mol. The Labute approximate surface area is 117 Å². The summed E-state index contributed by atoms with van der Waals surface area (Å²) in [5.74, 6) is -0.369. The molecule has 0 saturated heterocycles. The van der Waals surface area contributed by atoms with Gasteiger partial charge in [0.05, 0.1) is 12.7 Å². The molecule has 0 radical (unpaired) electrons. The van der Waals surface area contributed by atoms with Crippen molar-refractivity contribution in [1.29, 1.82) is 10.5 Å². The summed E-state index contributed by atoms with van der Waals surface area (Å²) in [6.45, 7) is 0.268. The maximum Gasteiger partial charge on any atom is 0.130 e. The van der Waals surface area contributed by atoms with Crippen LogP contribution < -0.4 is 0 Å². The van der Waals surface area contributed by atoms with E-state index in [-0.39, 0.29) is 24.1 Å². The minimum atomic E-state index is -0.369. The maximum absolute atomic E-state index is 13.9. The molecule has 4 heteroatoms. The van der Waals surface area contributed by atoms with Gasteiger partial charge in [0.15, 0.2) is 0 Å². The Morgan fingerprint density at radius 1 is 1.30 bits per heavy atom. The fourth-order valence-corrected chi connectivity index (χ4v) is 2.29. The summed E-state index contributed by atoms with van der Waals surface area (Å²) in [5.41, 5.74) is 0.967. The van der Waals surface area contributed by atoms with Crippen LogP contribution in [0, 0.1) is 28.5 Å². The third-order valence-electron chi connectivity index (χ3n) is 3.41. The van der Waals surface area contributed by atoms with Gasteiger partial charge in [0.1, 0.15) is 23.5 Å². The highest BCUT2D eigenvalue weighted by Gasteiger charge is 2.16. The number of hydrogen-bond acceptors (Lipinski definition) is 3. The van der Waals surface area contributed by atoms with E-state index in [0.29, 0.717) is 11.1 Å². The summed E-state index contributed by atoms with van der Waals surface area (Å²) in [5, 5.41) is 17.3. The van der Waals surface area contributed by atoms with Gasteiger partial charge in [-0.3, -0.25) is 0 Å². The van der Waals surface area contributed by atoms with Crippen LogP contribution in [0.5, 0.6) is 0 Å². The largest absolute Gasteiger partial charge is 0.373 e. The first-order valence-corrected chi connectivity index (χ1v) is 6.65. The summed E-state index contributed by atoms with van der Waals surface area (Å²) < 4.78 is 19.6. The molecule has 20 heavy (non-hydrogen) atoms. The number of ether oxygens (including phenoxy) is 1. The Kier molecular flexibility index (Phi) is 4.87. The van der Waals surface area contributed by atoms with Crippen LogP contribution in [0.4, 0.5) is 4.39 Å². The second kappa shape index (κ2) is 6.84. The summed E-state index contributed by atoms with van der Waals surface area (Å²) in [6, 6.07) is 8.15. The van der Waals surface area contributed by atoms with Gasteiger partial charge in [-0.15, -0.1) is 0 Å². The molecule has 1 aliphatic rings. The second-order valence-electron chi connectivity index (χ2n) is 4.85. The lowest BCUT2D eigenvalue weighted by Crippen LogP contribution is -2.08. The van der Waals surface area contributed by atoms with E-state index in [4.69, 9.17) is 15.3 Å². The van der Waals surface area contributed by atoms with Crippen molar-refractivity contribution in [3.05, 3.63) is 40.7 Å². The van der Waals surface area contributed by atoms with Gasteiger partial charge in [0, 0.05) is 5.56 Å². The molecule has 1 aliphatic carbocycles. The molecular weight excluding hydrogens is 255 g/mol. The molecule has 0 N–H and O–H groups in total. The molecule has 1 saturated carbocycles. The molecule has 0 aromatic heterocycles. The van der Waals surface area contributed by atoms with Crippen molar-refractivity contribution in [2.45, 2.75) is 38.4 Å². The standard InChI is InChI=1S/C16H15FN2O/c17-16-8-12(7-13(9-18)10-19)5-6-14(16)11-20-15-3-1-2-4-15/h5-8,15H,1-4,11H2. The van der Waals surface area contributed by atoms with Crippen molar-refractivity contribution in [2.24, 2.45) is 0 Å². The van der Waals surface area contributed by atoms with Crippen LogP contribution in [-0.2, 0) is 11.3 Å². The van der Waals surface area contributed by atoms with Gasteiger partial charge in [0.2, 0.25) is 0 Å². The highest BCUT2D eigenvalue weighted by Crippen LogP contribution is 2.23. The van der Waals surface area contributed by atoms with Crippen molar-refractivity contribution in [3.8, 4) is 12.1 Å². The third-order valence-corrected chi connectivity index (χ3v) is 3.41.